The predicted molar refractivity (Wildman–Crippen MR) is 105 cm³/mol. The Balaban J connectivity index is 1.31. The van der Waals surface area contributed by atoms with E-state index in [1.807, 2.05) is 34.6 Å². The molecule has 1 aliphatic heterocycles. The fourth-order valence-corrected chi connectivity index (χ4v) is 4.58. The van der Waals surface area contributed by atoms with Crippen molar-refractivity contribution in [2.24, 2.45) is 0 Å². The van der Waals surface area contributed by atoms with Gasteiger partial charge in [0.25, 0.3) is 0 Å². The van der Waals surface area contributed by atoms with Gasteiger partial charge in [0.2, 0.25) is 5.91 Å². The van der Waals surface area contributed by atoms with E-state index in [0.717, 1.165) is 48.1 Å². The molecular formula is C19H19N3OS2. The van der Waals surface area contributed by atoms with Gasteiger partial charge in [-0.3, -0.25) is 9.69 Å². The normalized spacial score (nSPS) is 16.1. The number of fused-ring (bicyclic) bond motifs is 1. The van der Waals surface area contributed by atoms with Gasteiger partial charge in [0.15, 0.2) is 0 Å². The Morgan fingerprint density at radius 2 is 1.96 bits per heavy atom. The number of thiophene rings is 1. The quantitative estimate of drug-likeness (QED) is 0.658. The summed E-state index contributed by atoms with van der Waals surface area (Å²) >= 11 is 3.40. The molecule has 1 aliphatic rings. The molecular weight excluding hydrogens is 350 g/mol. The van der Waals surface area contributed by atoms with Crippen LogP contribution in [0.1, 0.15) is 9.88 Å². The van der Waals surface area contributed by atoms with Crippen LogP contribution in [-0.2, 0) is 11.3 Å². The maximum atomic E-state index is 12.3. The number of carbonyl (C=O) groups is 1. The molecule has 3 heterocycles. The van der Waals surface area contributed by atoms with Crippen molar-refractivity contribution in [3.63, 3.8) is 0 Å². The molecule has 1 saturated heterocycles. The van der Waals surface area contributed by atoms with Gasteiger partial charge >= 0.3 is 0 Å². The fraction of sp³-hybridized carbons (Fsp3) is 0.263. The van der Waals surface area contributed by atoms with E-state index in [-0.39, 0.29) is 5.91 Å². The molecule has 4 rings (SSSR count). The highest BCUT2D eigenvalue weighted by Crippen LogP contribution is 2.23. The summed E-state index contributed by atoms with van der Waals surface area (Å²) in [5, 5.41) is 3.17. The number of thiazole rings is 1. The van der Waals surface area contributed by atoms with E-state index in [1.54, 1.807) is 28.7 Å². The van der Waals surface area contributed by atoms with Crippen molar-refractivity contribution in [1.29, 1.82) is 0 Å². The number of aromatic nitrogens is 1. The summed E-state index contributed by atoms with van der Waals surface area (Å²) in [6.45, 7) is 4.21. The van der Waals surface area contributed by atoms with Crippen LogP contribution in [0, 0.1) is 0 Å². The third-order valence-corrected chi connectivity index (χ3v) is 6.17. The molecule has 0 spiro atoms. The molecule has 25 heavy (non-hydrogen) atoms. The largest absolute Gasteiger partial charge is 0.337 e. The minimum atomic E-state index is 0.105. The highest BCUT2D eigenvalue weighted by molar-refractivity contribution is 7.18. The smallest absolute Gasteiger partial charge is 0.246 e. The maximum Gasteiger partial charge on any atom is 0.246 e. The molecule has 6 heteroatoms. The zero-order valence-electron chi connectivity index (χ0n) is 13.8. The number of carbonyl (C=O) groups excluding carboxylic acids is 1. The van der Waals surface area contributed by atoms with E-state index in [4.69, 9.17) is 4.98 Å². The molecule has 0 bridgehead atoms. The fourth-order valence-electron chi connectivity index (χ4n) is 2.95. The number of benzene rings is 1. The van der Waals surface area contributed by atoms with Crippen LogP contribution in [0.5, 0.6) is 0 Å². The van der Waals surface area contributed by atoms with Crippen LogP contribution in [0.25, 0.3) is 16.3 Å². The minimum Gasteiger partial charge on any atom is -0.337 e. The second-order valence-electron chi connectivity index (χ2n) is 6.03. The van der Waals surface area contributed by atoms with E-state index in [2.05, 4.69) is 23.1 Å². The first-order chi connectivity index (χ1) is 12.3. The average Bonchev–Trinajstić information content (AvgIpc) is 3.29. The van der Waals surface area contributed by atoms with Crippen molar-refractivity contribution in [1.82, 2.24) is 14.8 Å². The van der Waals surface area contributed by atoms with Crippen molar-refractivity contribution >= 4 is 44.9 Å². The summed E-state index contributed by atoms with van der Waals surface area (Å²) in [6.07, 6.45) is 3.59. The number of hydrogen-bond donors (Lipinski definition) is 0. The van der Waals surface area contributed by atoms with Gasteiger partial charge < -0.3 is 4.90 Å². The van der Waals surface area contributed by atoms with Gasteiger partial charge in [-0.15, -0.1) is 22.7 Å². The van der Waals surface area contributed by atoms with Gasteiger partial charge in [-0.25, -0.2) is 4.98 Å². The van der Waals surface area contributed by atoms with Crippen LogP contribution in [-0.4, -0.2) is 46.9 Å². The standard InChI is InChI=1S/C19H19N3OS2/c23-19(8-7-15-4-3-13-24-15)22-11-9-21(10-12-22)14-18-20-16-5-1-2-6-17(16)25-18/h1-8,13H,9-12,14H2. The molecule has 0 saturated carbocycles. The van der Waals surface area contributed by atoms with Crippen LogP contribution in [0.15, 0.2) is 47.9 Å². The van der Waals surface area contributed by atoms with Crippen molar-refractivity contribution in [3.8, 4) is 0 Å². The van der Waals surface area contributed by atoms with Crippen LogP contribution in [0.2, 0.25) is 0 Å². The lowest BCUT2D eigenvalue weighted by atomic mass is 10.3. The number of rotatable bonds is 4. The summed E-state index contributed by atoms with van der Waals surface area (Å²) in [6, 6.07) is 12.3. The van der Waals surface area contributed by atoms with E-state index in [0.29, 0.717) is 0 Å². The third kappa shape index (κ3) is 3.98. The third-order valence-electron chi connectivity index (χ3n) is 4.31. The Labute approximate surface area is 155 Å². The molecule has 3 aromatic rings. The van der Waals surface area contributed by atoms with Crippen molar-refractivity contribution in [3.05, 3.63) is 57.7 Å². The van der Waals surface area contributed by atoms with Gasteiger partial charge in [0.1, 0.15) is 5.01 Å². The summed E-state index contributed by atoms with van der Waals surface area (Å²) in [5.74, 6) is 0.105. The number of piperazine rings is 1. The molecule has 0 unspecified atom stereocenters. The lowest BCUT2D eigenvalue weighted by Crippen LogP contribution is -2.47. The van der Waals surface area contributed by atoms with Gasteiger partial charge in [-0.1, -0.05) is 18.2 Å². The van der Waals surface area contributed by atoms with Gasteiger partial charge in [-0.2, -0.15) is 0 Å². The molecule has 0 aliphatic carbocycles. The Morgan fingerprint density at radius 1 is 1.12 bits per heavy atom. The molecule has 4 nitrogen and oxygen atoms in total. The average molecular weight is 370 g/mol. The zero-order valence-corrected chi connectivity index (χ0v) is 15.4. The first-order valence-corrected chi connectivity index (χ1v) is 10.0. The lowest BCUT2D eigenvalue weighted by Gasteiger charge is -2.33. The zero-order chi connectivity index (χ0) is 17.1. The Bertz CT molecular complexity index is 844. The topological polar surface area (TPSA) is 36.4 Å². The molecule has 128 valence electrons. The van der Waals surface area contributed by atoms with Crippen LogP contribution in [0.4, 0.5) is 0 Å². The highest BCUT2D eigenvalue weighted by atomic mass is 32.1. The maximum absolute atomic E-state index is 12.3. The first-order valence-electron chi connectivity index (χ1n) is 8.35. The van der Waals surface area contributed by atoms with Crippen molar-refractivity contribution in [2.45, 2.75) is 6.54 Å². The highest BCUT2D eigenvalue weighted by Gasteiger charge is 2.20. The molecule has 0 atom stereocenters. The predicted octanol–water partition coefficient (Wildman–Crippen LogP) is 3.72. The Kier molecular flexibility index (Phi) is 4.92. The van der Waals surface area contributed by atoms with Gasteiger partial charge in [0, 0.05) is 37.1 Å². The number of hydrogen-bond acceptors (Lipinski definition) is 5. The van der Waals surface area contributed by atoms with Crippen molar-refractivity contribution in [2.75, 3.05) is 26.2 Å². The molecule has 2 aromatic heterocycles. The molecule has 1 aromatic carbocycles. The second-order valence-corrected chi connectivity index (χ2v) is 8.12. The number of nitrogens with zero attached hydrogens (tertiary/aromatic N) is 3. The molecule has 1 amide bonds. The Morgan fingerprint density at radius 3 is 2.72 bits per heavy atom. The van der Waals surface area contributed by atoms with E-state index >= 15 is 0 Å². The molecule has 1 fully saturated rings. The van der Waals surface area contributed by atoms with Crippen molar-refractivity contribution < 1.29 is 4.79 Å². The van der Waals surface area contributed by atoms with Gasteiger partial charge in [-0.05, 0) is 29.7 Å². The summed E-state index contributed by atoms with van der Waals surface area (Å²) in [5.41, 5.74) is 1.08. The number of para-hydroxylation sites is 1. The summed E-state index contributed by atoms with van der Waals surface area (Å²) < 4.78 is 1.24. The molecule has 0 radical (unpaired) electrons. The van der Waals surface area contributed by atoms with E-state index < -0.39 is 0 Å². The molecule has 0 N–H and O–H groups in total. The SMILES string of the molecule is O=C(C=Cc1cccs1)N1CCN(Cc2nc3ccccc3s2)CC1. The monoisotopic (exact) mass is 369 g/mol. The summed E-state index contributed by atoms with van der Waals surface area (Å²) in [7, 11) is 0. The van der Waals surface area contributed by atoms with E-state index in [9.17, 15) is 4.79 Å². The number of amides is 1. The second kappa shape index (κ2) is 7.47. The Hall–Kier alpha value is -2.02. The summed E-state index contributed by atoms with van der Waals surface area (Å²) in [4.78, 5) is 22.4. The van der Waals surface area contributed by atoms with Crippen LogP contribution < -0.4 is 0 Å². The van der Waals surface area contributed by atoms with Crippen LogP contribution in [0.3, 0.4) is 0 Å². The lowest BCUT2D eigenvalue weighted by molar-refractivity contribution is -0.127. The van der Waals surface area contributed by atoms with Crippen LogP contribution >= 0.6 is 22.7 Å². The van der Waals surface area contributed by atoms with E-state index in [1.165, 1.54) is 4.70 Å². The van der Waals surface area contributed by atoms with Gasteiger partial charge in [0.05, 0.1) is 16.8 Å². The first kappa shape index (κ1) is 16.4. The minimum absolute atomic E-state index is 0.105.